The van der Waals surface area contributed by atoms with E-state index in [1.54, 1.807) is 18.5 Å². The number of halogens is 4. The maximum Gasteiger partial charge on any atom is 0.191 e. The highest BCUT2D eigenvalue weighted by Gasteiger charge is 2.12. The largest absolute Gasteiger partial charge is 0.483 e. The summed E-state index contributed by atoms with van der Waals surface area (Å²) in [6.07, 6.45) is 3.17. The van der Waals surface area contributed by atoms with Gasteiger partial charge in [-0.2, -0.15) is 0 Å². The normalized spacial score (nSPS) is 10.5. The average Bonchev–Trinajstić information content (AvgIpc) is 2.37. The van der Waals surface area contributed by atoms with Gasteiger partial charge in [-0.05, 0) is 39.7 Å². The molecule has 0 saturated heterocycles. The van der Waals surface area contributed by atoms with Crippen molar-refractivity contribution in [2.45, 2.75) is 12.5 Å². The third-order valence-corrected chi connectivity index (χ3v) is 3.10. The van der Waals surface area contributed by atoms with E-state index in [0.717, 1.165) is 16.6 Å². The first-order chi connectivity index (χ1) is 9.10. The second kappa shape index (κ2) is 6.30. The Morgan fingerprint density at radius 1 is 1.11 bits per heavy atom. The van der Waals surface area contributed by atoms with Crippen molar-refractivity contribution in [1.82, 2.24) is 4.98 Å². The zero-order valence-electron chi connectivity index (χ0n) is 9.67. The number of pyridine rings is 1. The number of rotatable bonds is 4. The van der Waals surface area contributed by atoms with Gasteiger partial charge < -0.3 is 4.74 Å². The first kappa shape index (κ1) is 14.2. The van der Waals surface area contributed by atoms with E-state index in [1.807, 2.05) is 0 Å². The van der Waals surface area contributed by atoms with Crippen molar-refractivity contribution in [3.63, 3.8) is 0 Å². The molecule has 1 aromatic carbocycles. The number of hydrogen-bond acceptors (Lipinski definition) is 2. The van der Waals surface area contributed by atoms with Crippen LogP contribution in [-0.4, -0.2) is 4.98 Å². The highest BCUT2D eigenvalue weighted by Crippen LogP contribution is 2.25. The molecule has 0 unspecified atom stereocenters. The van der Waals surface area contributed by atoms with Crippen molar-refractivity contribution in [1.29, 1.82) is 0 Å². The molecule has 19 heavy (non-hydrogen) atoms. The molecule has 6 heteroatoms. The summed E-state index contributed by atoms with van der Waals surface area (Å²) in [6, 6.07) is 4.07. The fraction of sp³-hybridized carbons (Fsp3) is 0.154. The molecule has 0 radical (unpaired) electrons. The van der Waals surface area contributed by atoms with E-state index in [9.17, 15) is 8.78 Å². The third-order valence-electron chi connectivity index (χ3n) is 2.36. The van der Waals surface area contributed by atoms with Crippen LogP contribution in [-0.2, 0) is 12.5 Å². The molecular weight excluding hydrogens is 340 g/mol. The number of ether oxygens (including phenoxy) is 1. The monoisotopic (exact) mass is 347 g/mol. The summed E-state index contributed by atoms with van der Waals surface area (Å²) in [5.74, 6) is -1.89. The number of alkyl halides is 1. The van der Waals surface area contributed by atoms with Crippen LogP contribution in [0.1, 0.15) is 11.1 Å². The molecule has 2 nitrogen and oxygen atoms in total. The molecule has 0 amide bonds. The van der Waals surface area contributed by atoms with E-state index < -0.39 is 17.4 Å². The summed E-state index contributed by atoms with van der Waals surface area (Å²) in [4.78, 5) is 3.94. The number of nitrogens with zero attached hydrogens (tertiary/aromatic N) is 1. The molecule has 0 N–H and O–H groups in total. The van der Waals surface area contributed by atoms with Crippen LogP contribution in [0, 0.1) is 11.6 Å². The predicted octanol–water partition coefficient (Wildman–Crippen LogP) is 4.44. The lowest BCUT2D eigenvalue weighted by atomic mass is 10.2. The quantitative estimate of drug-likeness (QED) is 0.762. The summed E-state index contributed by atoms with van der Waals surface area (Å²) < 4.78 is 33.2. The van der Waals surface area contributed by atoms with Crippen LogP contribution in [0.25, 0.3) is 0 Å². The van der Waals surface area contributed by atoms with Crippen molar-refractivity contribution >= 4 is 27.5 Å². The molecule has 0 fully saturated rings. The van der Waals surface area contributed by atoms with Gasteiger partial charge in [0.1, 0.15) is 6.61 Å². The van der Waals surface area contributed by atoms with Crippen LogP contribution in [0.3, 0.4) is 0 Å². The molecule has 0 atom stereocenters. The van der Waals surface area contributed by atoms with Gasteiger partial charge in [0.25, 0.3) is 0 Å². The van der Waals surface area contributed by atoms with Crippen LogP contribution in [0.5, 0.6) is 5.75 Å². The van der Waals surface area contributed by atoms with Crippen LogP contribution in [0.2, 0.25) is 0 Å². The van der Waals surface area contributed by atoms with Gasteiger partial charge in [-0.1, -0.05) is 0 Å². The van der Waals surface area contributed by atoms with Crippen molar-refractivity contribution in [2.24, 2.45) is 0 Å². The Kier molecular flexibility index (Phi) is 4.71. The first-order valence-electron chi connectivity index (χ1n) is 5.36. The minimum Gasteiger partial charge on any atom is -0.483 e. The van der Waals surface area contributed by atoms with E-state index in [1.165, 1.54) is 0 Å². The lowest BCUT2D eigenvalue weighted by Gasteiger charge is -2.09. The number of hydrogen-bond donors (Lipinski definition) is 0. The fourth-order valence-electron chi connectivity index (χ4n) is 1.52. The van der Waals surface area contributed by atoms with Crippen LogP contribution >= 0.6 is 27.5 Å². The summed E-state index contributed by atoms with van der Waals surface area (Å²) in [7, 11) is 0. The molecule has 0 aliphatic rings. The third kappa shape index (κ3) is 3.64. The highest BCUT2D eigenvalue weighted by molar-refractivity contribution is 9.10. The summed E-state index contributed by atoms with van der Waals surface area (Å²) in [6.45, 7) is 0.0283. The van der Waals surface area contributed by atoms with Crippen molar-refractivity contribution in [3.8, 4) is 5.75 Å². The summed E-state index contributed by atoms with van der Waals surface area (Å²) >= 11 is 8.78. The van der Waals surface area contributed by atoms with Crippen LogP contribution in [0.4, 0.5) is 8.78 Å². The zero-order chi connectivity index (χ0) is 13.8. The maximum absolute atomic E-state index is 13.6. The van der Waals surface area contributed by atoms with E-state index in [0.29, 0.717) is 11.1 Å². The van der Waals surface area contributed by atoms with Crippen molar-refractivity contribution in [2.75, 3.05) is 0 Å². The Labute approximate surface area is 122 Å². The molecule has 1 heterocycles. The van der Waals surface area contributed by atoms with Crippen molar-refractivity contribution in [3.05, 3.63) is 57.8 Å². The molecule has 0 saturated carbocycles. The number of benzene rings is 1. The molecule has 1 aromatic heterocycles. The molecule has 2 rings (SSSR count). The van der Waals surface area contributed by atoms with Crippen LogP contribution in [0.15, 0.2) is 35.1 Å². The predicted molar refractivity (Wildman–Crippen MR) is 72.2 cm³/mol. The topological polar surface area (TPSA) is 22.1 Å². The summed E-state index contributed by atoms with van der Waals surface area (Å²) in [5, 5.41) is 0. The van der Waals surface area contributed by atoms with E-state index >= 15 is 0 Å². The smallest absolute Gasteiger partial charge is 0.191 e. The Morgan fingerprint density at radius 2 is 1.79 bits per heavy atom. The van der Waals surface area contributed by atoms with Crippen molar-refractivity contribution < 1.29 is 13.5 Å². The molecule has 0 aliphatic carbocycles. The van der Waals surface area contributed by atoms with E-state index in [-0.39, 0.29) is 12.5 Å². The Hall–Kier alpha value is -1.20. The lowest BCUT2D eigenvalue weighted by molar-refractivity contribution is 0.273. The molecule has 0 bridgehead atoms. The SMILES string of the molecule is Fc1cc(CCl)cc(F)c1OCc1cncc(Br)c1. The standard InChI is InChI=1S/C13H9BrClF2NO/c14-10-1-9(5-18-6-10)7-19-13-11(16)2-8(4-15)3-12(13)17/h1-3,5-6H,4,7H2. The fourth-order valence-corrected chi connectivity index (χ4v) is 2.08. The zero-order valence-corrected chi connectivity index (χ0v) is 12.0. The highest BCUT2D eigenvalue weighted by atomic mass is 79.9. The van der Waals surface area contributed by atoms with Gasteiger partial charge in [-0.15, -0.1) is 11.6 Å². The molecule has 2 aromatic rings. The second-order valence-corrected chi connectivity index (χ2v) is 5.01. The summed E-state index contributed by atoms with van der Waals surface area (Å²) in [5.41, 5.74) is 1.07. The Morgan fingerprint density at radius 3 is 2.37 bits per heavy atom. The maximum atomic E-state index is 13.6. The van der Waals surface area contributed by atoms with Gasteiger partial charge in [-0.3, -0.25) is 4.98 Å². The van der Waals surface area contributed by atoms with Gasteiger partial charge in [-0.25, -0.2) is 8.78 Å². The minimum atomic E-state index is -0.765. The second-order valence-electron chi connectivity index (χ2n) is 3.82. The Balaban J connectivity index is 2.16. The molecule has 0 spiro atoms. The van der Waals surface area contributed by atoms with E-state index in [4.69, 9.17) is 16.3 Å². The first-order valence-corrected chi connectivity index (χ1v) is 6.69. The average molecular weight is 349 g/mol. The van der Waals surface area contributed by atoms with E-state index in [2.05, 4.69) is 20.9 Å². The minimum absolute atomic E-state index is 0.0283. The molecule has 0 aliphatic heterocycles. The van der Waals surface area contributed by atoms with Gasteiger partial charge in [0, 0.05) is 28.3 Å². The van der Waals surface area contributed by atoms with Gasteiger partial charge in [0.2, 0.25) is 0 Å². The van der Waals surface area contributed by atoms with Gasteiger partial charge in [0.15, 0.2) is 17.4 Å². The molecule has 100 valence electrons. The van der Waals surface area contributed by atoms with Gasteiger partial charge >= 0.3 is 0 Å². The molecular formula is C13H9BrClF2NO. The van der Waals surface area contributed by atoms with Crippen LogP contribution < -0.4 is 4.74 Å². The number of aromatic nitrogens is 1. The van der Waals surface area contributed by atoms with Gasteiger partial charge in [0.05, 0.1) is 0 Å². The lowest BCUT2D eigenvalue weighted by Crippen LogP contribution is -2.01. The Bertz CT molecular complexity index is 572.